The number of amides is 2. The highest BCUT2D eigenvalue weighted by Gasteiger charge is 2.34. The molecule has 0 radical (unpaired) electrons. The van der Waals surface area contributed by atoms with E-state index in [1.165, 1.54) is 10.8 Å². The Morgan fingerprint density at radius 1 is 0.882 bits per heavy atom. The number of benzene rings is 3. The topological polar surface area (TPSA) is 56.2 Å². The van der Waals surface area contributed by atoms with Gasteiger partial charge in [0.15, 0.2) is 0 Å². The van der Waals surface area contributed by atoms with Crippen LogP contribution < -0.4 is 0 Å². The number of hydrogen-bond donors (Lipinski definition) is 0. The van der Waals surface area contributed by atoms with Crippen molar-refractivity contribution in [2.75, 3.05) is 32.7 Å². The third kappa shape index (κ3) is 4.73. The van der Waals surface area contributed by atoms with Crippen LogP contribution in [0, 0.1) is 0 Å². The lowest BCUT2D eigenvalue weighted by molar-refractivity contribution is -0.134. The van der Waals surface area contributed by atoms with E-state index in [1.54, 1.807) is 11.9 Å². The first-order chi connectivity index (χ1) is 16.6. The van der Waals surface area contributed by atoms with Crippen molar-refractivity contribution < 1.29 is 9.59 Å². The Morgan fingerprint density at radius 2 is 1.65 bits per heavy atom. The second-order valence-electron chi connectivity index (χ2n) is 9.11. The van der Waals surface area contributed by atoms with E-state index in [0.717, 1.165) is 36.3 Å². The van der Waals surface area contributed by atoms with Crippen LogP contribution in [0.1, 0.15) is 36.9 Å². The van der Waals surface area contributed by atoms with E-state index < -0.39 is 0 Å². The molecule has 0 saturated carbocycles. The third-order valence-electron chi connectivity index (χ3n) is 6.83. The van der Waals surface area contributed by atoms with E-state index in [-0.39, 0.29) is 17.9 Å². The standard InChI is InChI=1S/C28H30N4O2/c1-21(33)31-15-7-14-30(16-17-31)20-28(34)32-27(23-9-3-2-4-10-23)19-26(29-32)25-13-12-22-8-5-6-11-24(22)18-25/h2-6,8-13,18,27H,7,14-17,19-20H2,1H3. The van der Waals surface area contributed by atoms with E-state index in [9.17, 15) is 9.59 Å². The first-order valence-corrected chi connectivity index (χ1v) is 12.0. The molecule has 6 heteroatoms. The average Bonchev–Trinajstić information content (AvgIpc) is 3.18. The quantitative estimate of drug-likeness (QED) is 0.597. The Hall–Kier alpha value is -3.51. The van der Waals surface area contributed by atoms with Gasteiger partial charge in [-0.1, -0.05) is 66.7 Å². The SMILES string of the molecule is CC(=O)N1CCCN(CC(=O)N2N=C(c3ccc4ccccc4c3)CC2c2ccccc2)CC1. The Balaban J connectivity index is 1.39. The number of fused-ring (bicyclic) bond motifs is 1. The Labute approximate surface area is 200 Å². The first-order valence-electron chi connectivity index (χ1n) is 12.0. The van der Waals surface area contributed by atoms with Crippen molar-refractivity contribution in [3.8, 4) is 0 Å². The Morgan fingerprint density at radius 3 is 2.44 bits per heavy atom. The Kier molecular flexibility index (Phi) is 6.41. The monoisotopic (exact) mass is 454 g/mol. The summed E-state index contributed by atoms with van der Waals surface area (Å²) in [4.78, 5) is 29.3. The normalized spacial score (nSPS) is 19.2. The molecule has 0 spiro atoms. The molecule has 1 saturated heterocycles. The van der Waals surface area contributed by atoms with Crippen LogP contribution in [0.5, 0.6) is 0 Å². The molecule has 2 aliphatic heterocycles. The van der Waals surface area contributed by atoms with Crippen molar-refractivity contribution in [1.82, 2.24) is 14.8 Å². The van der Waals surface area contributed by atoms with Gasteiger partial charge in [-0.15, -0.1) is 0 Å². The maximum atomic E-state index is 13.5. The molecule has 6 nitrogen and oxygen atoms in total. The predicted molar refractivity (Wildman–Crippen MR) is 134 cm³/mol. The molecule has 3 aromatic rings. The summed E-state index contributed by atoms with van der Waals surface area (Å²) in [5, 5.41) is 8.91. The number of hydrazone groups is 1. The van der Waals surface area contributed by atoms with Crippen LogP contribution in [0.3, 0.4) is 0 Å². The van der Waals surface area contributed by atoms with Crippen molar-refractivity contribution in [2.24, 2.45) is 5.10 Å². The van der Waals surface area contributed by atoms with Gasteiger partial charge >= 0.3 is 0 Å². The zero-order valence-corrected chi connectivity index (χ0v) is 19.6. The summed E-state index contributed by atoms with van der Waals surface area (Å²) in [6.07, 6.45) is 1.56. The molecule has 174 valence electrons. The smallest absolute Gasteiger partial charge is 0.257 e. The molecular formula is C28H30N4O2. The van der Waals surface area contributed by atoms with Crippen LogP contribution in [-0.2, 0) is 9.59 Å². The lowest BCUT2D eigenvalue weighted by Gasteiger charge is -2.26. The number of rotatable bonds is 4. The van der Waals surface area contributed by atoms with E-state index in [1.807, 2.05) is 35.2 Å². The molecule has 34 heavy (non-hydrogen) atoms. The van der Waals surface area contributed by atoms with Gasteiger partial charge in [-0.3, -0.25) is 14.5 Å². The fraction of sp³-hybridized carbons (Fsp3) is 0.321. The van der Waals surface area contributed by atoms with Crippen molar-refractivity contribution >= 4 is 28.3 Å². The van der Waals surface area contributed by atoms with Crippen molar-refractivity contribution in [3.63, 3.8) is 0 Å². The predicted octanol–water partition coefficient (Wildman–Crippen LogP) is 4.07. The molecular weight excluding hydrogens is 424 g/mol. The Bertz CT molecular complexity index is 1220. The van der Waals surface area contributed by atoms with Crippen molar-refractivity contribution in [2.45, 2.75) is 25.8 Å². The highest BCUT2D eigenvalue weighted by atomic mass is 16.2. The number of nitrogens with zero attached hydrogens (tertiary/aromatic N) is 4. The molecule has 2 amide bonds. The van der Waals surface area contributed by atoms with Gasteiger partial charge in [-0.05, 0) is 34.4 Å². The van der Waals surface area contributed by atoms with Crippen LogP contribution in [0.15, 0.2) is 77.9 Å². The largest absolute Gasteiger partial charge is 0.342 e. The highest BCUT2D eigenvalue weighted by Crippen LogP contribution is 2.33. The van der Waals surface area contributed by atoms with Gasteiger partial charge in [-0.25, -0.2) is 5.01 Å². The van der Waals surface area contributed by atoms with Gasteiger partial charge in [-0.2, -0.15) is 5.10 Å². The summed E-state index contributed by atoms with van der Waals surface area (Å²) < 4.78 is 0. The fourth-order valence-electron chi connectivity index (χ4n) is 4.93. The number of carbonyl (C=O) groups is 2. The van der Waals surface area contributed by atoms with E-state index in [4.69, 9.17) is 5.10 Å². The van der Waals surface area contributed by atoms with E-state index in [0.29, 0.717) is 26.1 Å². The van der Waals surface area contributed by atoms with Gasteiger partial charge in [0.2, 0.25) is 5.91 Å². The molecule has 3 aromatic carbocycles. The van der Waals surface area contributed by atoms with E-state index in [2.05, 4.69) is 47.4 Å². The zero-order valence-electron chi connectivity index (χ0n) is 19.6. The summed E-state index contributed by atoms with van der Waals surface area (Å²) in [6.45, 7) is 4.84. The van der Waals surface area contributed by atoms with Crippen molar-refractivity contribution in [1.29, 1.82) is 0 Å². The van der Waals surface area contributed by atoms with Gasteiger partial charge in [0.05, 0.1) is 18.3 Å². The van der Waals surface area contributed by atoms with Crippen LogP contribution in [-0.4, -0.2) is 65.1 Å². The van der Waals surface area contributed by atoms with Crippen LogP contribution >= 0.6 is 0 Å². The highest BCUT2D eigenvalue weighted by molar-refractivity contribution is 6.05. The molecule has 5 rings (SSSR count). The van der Waals surface area contributed by atoms with Gasteiger partial charge in [0.1, 0.15) is 0 Å². The van der Waals surface area contributed by atoms with Gasteiger partial charge in [0, 0.05) is 39.5 Å². The third-order valence-corrected chi connectivity index (χ3v) is 6.83. The summed E-state index contributed by atoms with van der Waals surface area (Å²) in [5.41, 5.74) is 3.09. The minimum absolute atomic E-state index is 0.000849. The van der Waals surface area contributed by atoms with E-state index >= 15 is 0 Å². The molecule has 0 aromatic heterocycles. The average molecular weight is 455 g/mol. The second-order valence-corrected chi connectivity index (χ2v) is 9.11. The minimum atomic E-state index is -0.115. The first kappa shape index (κ1) is 22.3. The lowest BCUT2D eigenvalue weighted by Crippen LogP contribution is -2.40. The maximum absolute atomic E-state index is 13.5. The number of hydrogen-bond acceptors (Lipinski definition) is 4. The molecule has 0 bridgehead atoms. The lowest BCUT2D eigenvalue weighted by atomic mass is 9.97. The summed E-state index contributed by atoms with van der Waals surface area (Å²) in [7, 11) is 0. The van der Waals surface area contributed by atoms with Gasteiger partial charge < -0.3 is 4.90 Å². The zero-order chi connectivity index (χ0) is 23.5. The minimum Gasteiger partial charge on any atom is -0.342 e. The van der Waals surface area contributed by atoms with Crippen LogP contribution in [0.2, 0.25) is 0 Å². The fourth-order valence-corrected chi connectivity index (χ4v) is 4.93. The molecule has 1 unspecified atom stereocenters. The molecule has 0 N–H and O–H groups in total. The molecule has 2 heterocycles. The van der Waals surface area contributed by atoms with Crippen LogP contribution in [0.25, 0.3) is 10.8 Å². The maximum Gasteiger partial charge on any atom is 0.257 e. The van der Waals surface area contributed by atoms with Crippen molar-refractivity contribution in [3.05, 3.63) is 83.9 Å². The second kappa shape index (κ2) is 9.77. The summed E-state index contributed by atoms with van der Waals surface area (Å²) >= 11 is 0. The molecule has 1 atom stereocenters. The summed E-state index contributed by atoms with van der Waals surface area (Å²) in [5.74, 6) is 0.0994. The molecule has 0 aliphatic carbocycles. The van der Waals surface area contributed by atoms with Crippen LogP contribution in [0.4, 0.5) is 0 Å². The number of carbonyl (C=O) groups excluding carboxylic acids is 2. The molecule has 1 fully saturated rings. The molecule has 2 aliphatic rings. The summed E-state index contributed by atoms with van der Waals surface area (Å²) in [6, 6.07) is 24.7. The van der Waals surface area contributed by atoms with Gasteiger partial charge in [0.25, 0.3) is 5.91 Å².